The van der Waals surface area contributed by atoms with Gasteiger partial charge in [-0.3, -0.25) is 15.0 Å². The molecule has 1 aromatic carbocycles. The van der Waals surface area contributed by atoms with Crippen molar-refractivity contribution in [1.29, 1.82) is 0 Å². The summed E-state index contributed by atoms with van der Waals surface area (Å²) in [6.45, 7) is 6.50. The normalized spacial score (nSPS) is 16.7. The maximum atomic E-state index is 12.4. The van der Waals surface area contributed by atoms with Crippen LogP contribution in [0.25, 0.3) is 0 Å². The van der Waals surface area contributed by atoms with E-state index in [2.05, 4.69) is 10.2 Å². The predicted octanol–water partition coefficient (Wildman–Crippen LogP) is 1.82. The quantitative estimate of drug-likeness (QED) is 0.631. The smallest absolute Gasteiger partial charge is 0.321 e. The van der Waals surface area contributed by atoms with Gasteiger partial charge in [0.05, 0.1) is 17.2 Å². The number of rotatable bonds is 5. The van der Waals surface area contributed by atoms with E-state index in [9.17, 15) is 20.0 Å². The van der Waals surface area contributed by atoms with Gasteiger partial charge in [-0.25, -0.2) is 4.79 Å². The van der Waals surface area contributed by atoms with Crippen molar-refractivity contribution in [3.05, 3.63) is 33.9 Å². The largest absolute Gasteiger partial charge is 0.395 e. The van der Waals surface area contributed by atoms with Crippen LogP contribution in [-0.2, 0) is 0 Å². The van der Waals surface area contributed by atoms with Crippen LogP contribution in [0.15, 0.2) is 18.2 Å². The summed E-state index contributed by atoms with van der Waals surface area (Å²) < 4.78 is 0. The van der Waals surface area contributed by atoms with Gasteiger partial charge in [-0.1, -0.05) is 13.0 Å². The van der Waals surface area contributed by atoms with Crippen LogP contribution in [0.3, 0.4) is 0 Å². The third-order valence-corrected chi connectivity index (χ3v) is 4.47. The molecule has 0 aromatic heterocycles. The second-order valence-corrected chi connectivity index (χ2v) is 5.95. The number of nitrogens with zero attached hydrogens (tertiary/aromatic N) is 3. The molecule has 1 fully saturated rings. The minimum Gasteiger partial charge on any atom is -0.395 e. The standard InChI is InChI=1S/C16H24N4O4/c1-3-13(11-21)18-6-8-19(9-7-18)16(22)17-15-10-14(20(23)24)5-4-12(15)2/h4-5,10,13,21H,3,6-9,11H2,1-2H3,(H,17,22)/t13-/m1/s1. The first-order valence-electron chi connectivity index (χ1n) is 8.12. The Morgan fingerprint density at radius 3 is 2.58 bits per heavy atom. The lowest BCUT2D eigenvalue weighted by molar-refractivity contribution is -0.384. The molecular formula is C16H24N4O4. The molecule has 1 aromatic rings. The van der Waals surface area contributed by atoms with Gasteiger partial charge in [0.1, 0.15) is 0 Å². The minimum atomic E-state index is -0.479. The molecule has 1 heterocycles. The lowest BCUT2D eigenvalue weighted by Gasteiger charge is -2.38. The van der Waals surface area contributed by atoms with Gasteiger partial charge in [-0.15, -0.1) is 0 Å². The summed E-state index contributed by atoms with van der Waals surface area (Å²) in [6, 6.07) is 4.30. The van der Waals surface area contributed by atoms with Crippen molar-refractivity contribution >= 4 is 17.4 Å². The van der Waals surface area contributed by atoms with Gasteiger partial charge in [0.25, 0.3) is 5.69 Å². The molecule has 1 aliphatic heterocycles. The number of nitro benzene ring substituents is 1. The lowest BCUT2D eigenvalue weighted by atomic mass is 10.1. The van der Waals surface area contributed by atoms with Crippen LogP contribution in [0.5, 0.6) is 0 Å². The van der Waals surface area contributed by atoms with Crippen LogP contribution in [0.1, 0.15) is 18.9 Å². The first-order chi connectivity index (χ1) is 11.5. The summed E-state index contributed by atoms with van der Waals surface area (Å²) in [5, 5.41) is 23.0. The topological polar surface area (TPSA) is 99.0 Å². The average Bonchev–Trinajstić information content (AvgIpc) is 2.58. The summed E-state index contributed by atoms with van der Waals surface area (Å²) in [5.74, 6) is 0. The summed E-state index contributed by atoms with van der Waals surface area (Å²) in [4.78, 5) is 26.7. The Labute approximate surface area is 141 Å². The molecule has 8 nitrogen and oxygen atoms in total. The van der Waals surface area contributed by atoms with Gasteiger partial charge in [0.15, 0.2) is 0 Å². The van der Waals surface area contributed by atoms with Crippen molar-refractivity contribution in [2.75, 3.05) is 38.1 Å². The third kappa shape index (κ3) is 4.21. The van der Waals surface area contributed by atoms with E-state index < -0.39 is 4.92 Å². The maximum Gasteiger partial charge on any atom is 0.321 e. The van der Waals surface area contributed by atoms with E-state index in [1.807, 2.05) is 6.92 Å². The molecule has 2 N–H and O–H groups in total. The van der Waals surface area contributed by atoms with E-state index >= 15 is 0 Å². The van der Waals surface area contributed by atoms with Crippen molar-refractivity contribution in [1.82, 2.24) is 9.80 Å². The second kappa shape index (κ2) is 8.07. The second-order valence-electron chi connectivity index (χ2n) is 5.95. The molecule has 8 heteroatoms. The van der Waals surface area contributed by atoms with Gasteiger partial charge in [0, 0.05) is 44.4 Å². The number of aliphatic hydroxyl groups is 1. The Balaban J connectivity index is 1.97. The number of hydrogen-bond acceptors (Lipinski definition) is 5. The number of carbonyl (C=O) groups excluding carboxylic acids is 1. The summed E-state index contributed by atoms with van der Waals surface area (Å²) >= 11 is 0. The van der Waals surface area contributed by atoms with Crippen molar-refractivity contribution in [3.8, 4) is 0 Å². The number of aryl methyl sites for hydroxylation is 1. The number of nitro groups is 1. The highest BCUT2D eigenvalue weighted by atomic mass is 16.6. The molecule has 2 rings (SSSR count). The molecule has 0 saturated carbocycles. The fourth-order valence-corrected chi connectivity index (χ4v) is 2.85. The van der Waals surface area contributed by atoms with Gasteiger partial charge in [-0.05, 0) is 18.9 Å². The molecule has 0 unspecified atom stereocenters. The first kappa shape index (κ1) is 18.2. The monoisotopic (exact) mass is 336 g/mol. The van der Waals surface area contributed by atoms with Crippen molar-refractivity contribution in [3.63, 3.8) is 0 Å². The molecule has 1 saturated heterocycles. The number of non-ortho nitro benzene ring substituents is 1. The molecule has 1 atom stereocenters. The number of aliphatic hydroxyl groups excluding tert-OH is 1. The molecule has 1 aliphatic rings. The highest BCUT2D eigenvalue weighted by Crippen LogP contribution is 2.22. The van der Waals surface area contributed by atoms with Crippen molar-refractivity contribution in [2.45, 2.75) is 26.3 Å². The van der Waals surface area contributed by atoms with Crippen molar-refractivity contribution < 1.29 is 14.8 Å². The zero-order valence-corrected chi connectivity index (χ0v) is 14.1. The molecule has 0 bridgehead atoms. The fourth-order valence-electron chi connectivity index (χ4n) is 2.85. The molecule has 0 radical (unpaired) electrons. The predicted molar refractivity (Wildman–Crippen MR) is 91.2 cm³/mol. The Morgan fingerprint density at radius 1 is 1.38 bits per heavy atom. The van der Waals surface area contributed by atoms with Crippen LogP contribution in [0.4, 0.5) is 16.2 Å². The first-order valence-corrected chi connectivity index (χ1v) is 8.12. The summed E-state index contributed by atoms with van der Waals surface area (Å²) in [7, 11) is 0. The Hall–Kier alpha value is -2.19. The Bertz CT molecular complexity index is 596. The summed E-state index contributed by atoms with van der Waals surface area (Å²) in [6.07, 6.45) is 0.871. The van der Waals surface area contributed by atoms with Crippen LogP contribution < -0.4 is 5.32 Å². The van der Waals surface area contributed by atoms with Gasteiger partial charge < -0.3 is 15.3 Å². The maximum absolute atomic E-state index is 12.4. The van der Waals surface area contributed by atoms with Gasteiger partial charge >= 0.3 is 6.03 Å². The van der Waals surface area contributed by atoms with E-state index in [0.29, 0.717) is 31.9 Å². The Morgan fingerprint density at radius 2 is 2.04 bits per heavy atom. The number of amides is 2. The van der Waals surface area contributed by atoms with E-state index in [1.165, 1.54) is 12.1 Å². The zero-order valence-electron chi connectivity index (χ0n) is 14.1. The molecule has 2 amide bonds. The van der Waals surface area contributed by atoms with E-state index in [1.54, 1.807) is 17.9 Å². The highest BCUT2D eigenvalue weighted by molar-refractivity contribution is 5.90. The average molecular weight is 336 g/mol. The third-order valence-electron chi connectivity index (χ3n) is 4.47. The van der Waals surface area contributed by atoms with Gasteiger partial charge in [-0.2, -0.15) is 0 Å². The van der Waals surface area contributed by atoms with Crippen LogP contribution in [0, 0.1) is 17.0 Å². The molecule has 0 spiro atoms. The van der Waals surface area contributed by atoms with Crippen LogP contribution in [0.2, 0.25) is 0 Å². The minimum absolute atomic E-state index is 0.0468. The Kier molecular flexibility index (Phi) is 6.10. The number of carbonyl (C=O) groups is 1. The number of piperazine rings is 1. The van der Waals surface area contributed by atoms with Crippen LogP contribution >= 0.6 is 0 Å². The zero-order chi connectivity index (χ0) is 17.7. The number of nitrogens with one attached hydrogen (secondary N) is 1. The number of anilines is 1. The number of benzene rings is 1. The molecule has 24 heavy (non-hydrogen) atoms. The van der Waals surface area contributed by atoms with E-state index in [-0.39, 0.29) is 24.4 Å². The molecule has 132 valence electrons. The van der Waals surface area contributed by atoms with E-state index in [0.717, 1.165) is 12.0 Å². The number of hydrogen-bond donors (Lipinski definition) is 2. The SMILES string of the molecule is CC[C@H](CO)N1CCN(C(=O)Nc2cc([N+](=O)[O-])ccc2C)CC1. The highest BCUT2D eigenvalue weighted by Gasteiger charge is 2.25. The van der Waals surface area contributed by atoms with Crippen LogP contribution in [-0.4, -0.2) is 64.7 Å². The summed E-state index contributed by atoms with van der Waals surface area (Å²) in [5.41, 5.74) is 1.19. The number of urea groups is 1. The van der Waals surface area contributed by atoms with E-state index in [4.69, 9.17) is 0 Å². The van der Waals surface area contributed by atoms with Gasteiger partial charge in [0.2, 0.25) is 0 Å². The van der Waals surface area contributed by atoms with Crippen molar-refractivity contribution in [2.24, 2.45) is 0 Å². The molecule has 0 aliphatic carbocycles. The fraction of sp³-hybridized carbons (Fsp3) is 0.562. The lowest BCUT2D eigenvalue weighted by Crippen LogP contribution is -2.53. The molecular weight excluding hydrogens is 312 g/mol.